The Morgan fingerprint density at radius 2 is 2.08 bits per heavy atom. The SMILES string of the molecule is CCC1CN(C)CCc2c([nH]c3ccccc23)C(=O)CC1CCO. The average molecular weight is 328 g/mol. The predicted molar refractivity (Wildman–Crippen MR) is 97.4 cm³/mol. The highest BCUT2D eigenvalue weighted by molar-refractivity contribution is 6.02. The van der Waals surface area contributed by atoms with Crippen molar-refractivity contribution in [2.75, 3.05) is 26.7 Å². The lowest BCUT2D eigenvalue weighted by Gasteiger charge is -2.30. The molecular formula is C20H28N2O2. The van der Waals surface area contributed by atoms with Gasteiger partial charge in [-0.25, -0.2) is 0 Å². The highest BCUT2D eigenvalue weighted by atomic mass is 16.3. The molecule has 24 heavy (non-hydrogen) atoms. The Morgan fingerprint density at radius 3 is 2.83 bits per heavy atom. The highest BCUT2D eigenvalue weighted by Gasteiger charge is 2.28. The van der Waals surface area contributed by atoms with E-state index in [0.717, 1.165) is 42.7 Å². The van der Waals surface area contributed by atoms with Crippen LogP contribution in [0.3, 0.4) is 0 Å². The number of Topliss-reactive ketones (excluding diaryl/α,β-unsaturated/α-hetero) is 1. The number of carbonyl (C=O) groups is 1. The van der Waals surface area contributed by atoms with Crippen LogP contribution in [0.1, 0.15) is 42.2 Å². The fourth-order valence-electron chi connectivity index (χ4n) is 4.11. The molecule has 0 spiro atoms. The summed E-state index contributed by atoms with van der Waals surface area (Å²) in [5.41, 5.74) is 2.98. The van der Waals surface area contributed by atoms with E-state index in [9.17, 15) is 9.90 Å². The highest BCUT2D eigenvalue weighted by Crippen LogP contribution is 2.30. The first-order valence-electron chi connectivity index (χ1n) is 9.06. The predicted octanol–water partition coefficient (Wildman–Crippen LogP) is 3.25. The van der Waals surface area contributed by atoms with Crippen LogP contribution in [0.5, 0.6) is 0 Å². The largest absolute Gasteiger partial charge is 0.396 e. The van der Waals surface area contributed by atoms with Crippen LogP contribution in [0.15, 0.2) is 24.3 Å². The lowest BCUT2D eigenvalue weighted by molar-refractivity contribution is 0.0898. The third kappa shape index (κ3) is 3.40. The maximum absolute atomic E-state index is 13.0. The quantitative estimate of drug-likeness (QED) is 0.909. The van der Waals surface area contributed by atoms with Crippen molar-refractivity contribution in [3.05, 3.63) is 35.5 Å². The molecule has 0 saturated carbocycles. The van der Waals surface area contributed by atoms with Gasteiger partial charge in [0.2, 0.25) is 0 Å². The van der Waals surface area contributed by atoms with E-state index in [0.29, 0.717) is 18.8 Å². The Morgan fingerprint density at radius 1 is 1.29 bits per heavy atom. The van der Waals surface area contributed by atoms with E-state index in [4.69, 9.17) is 0 Å². The first-order valence-corrected chi connectivity index (χ1v) is 9.06. The molecule has 0 saturated heterocycles. The summed E-state index contributed by atoms with van der Waals surface area (Å²) in [4.78, 5) is 18.7. The molecule has 1 aromatic carbocycles. The summed E-state index contributed by atoms with van der Waals surface area (Å²) in [6.45, 7) is 4.28. The van der Waals surface area contributed by atoms with E-state index < -0.39 is 0 Å². The van der Waals surface area contributed by atoms with Crippen molar-refractivity contribution in [2.45, 2.75) is 32.6 Å². The molecule has 4 nitrogen and oxygen atoms in total. The molecule has 2 atom stereocenters. The number of H-pyrrole nitrogens is 1. The molecule has 0 bridgehead atoms. The lowest BCUT2D eigenvalue weighted by atomic mass is 9.82. The summed E-state index contributed by atoms with van der Waals surface area (Å²) in [5.74, 6) is 0.895. The fourth-order valence-corrected chi connectivity index (χ4v) is 4.11. The Kier molecular flexibility index (Phi) is 5.36. The first-order chi connectivity index (χ1) is 11.6. The van der Waals surface area contributed by atoms with Gasteiger partial charge in [-0.3, -0.25) is 4.79 Å². The molecule has 2 unspecified atom stereocenters. The van der Waals surface area contributed by atoms with E-state index in [1.807, 2.05) is 18.2 Å². The van der Waals surface area contributed by atoms with E-state index in [-0.39, 0.29) is 18.3 Å². The van der Waals surface area contributed by atoms with Gasteiger partial charge in [-0.05, 0) is 43.4 Å². The topological polar surface area (TPSA) is 56.3 Å². The second-order valence-corrected chi connectivity index (χ2v) is 7.10. The number of likely N-dealkylation sites (N-methyl/N-ethyl adjacent to an activating group) is 1. The van der Waals surface area contributed by atoms with E-state index >= 15 is 0 Å². The van der Waals surface area contributed by atoms with Crippen molar-refractivity contribution in [1.29, 1.82) is 0 Å². The first kappa shape index (κ1) is 17.2. The minimum atomic E-state index is 0.151. The number of aromatic nitrogens is 1. The van der Waals surface area contributed by atoms with Gasteiger partial charge in [0.05, 0.1) is 5.69 Å². The molecule has 1 aliphatic rings. The summed E-state index contributed by atoms with van der Waals surface area (Å²) in [5, 5.41) is 10.6. The molecule has 0 aliphatic carbocycles. The molecule has 3 rings (SSSR count). The third-order valence-electron chi connectivity index (χ3n) is 5.52. The maximum Gasteiger partial charge on any atom is 0.179 e. The van der Waals surface area contributed by atoms with Gasteiger partial charge in [0.25, 0.3) is 0 Å². The van der Waals surface area contributed by atoms with Crippen molar-refractivity contribution in [3.8, 4) is 0 Å². The number of benzene rings is 1. The molecule has 130 valence electrons. The molecule has 4 heteroatoms. The summed E-state index contributed by atoms with van der Waals surface area (Å²) in [6, 6.07) is 8.18. The number of para-hydroxylation sites is 1. The van der Waals surface area contributed by atoms with E-state index in [1.54, 1.807) is 0 Å². The number of nitrogens with one attached hydrogen (secondary N) is 1. The summed E-state index contributed by atoms with van der Waals surface area (Å²) in [6.07, 6.45) is 3.16. The third-order valence-corrected chi connectivity index (χ3v) is 5.52. The molecule has 2 N–H and O–H groups in total. The summed E-state index contributed by atoms with van der Waals surface area (Å²) >= 11 is 0. The number of ketones is 1. The molecule has 2 heterocycles. The second kappa shape index (κ2) is 7.49. The maximum atomic E-state index is 13.0. The van der Waals surface area contributed by atoms with Crippen LogP contribution in [0, 0.1) is 11.8 Å². The number of fused-ring (bicyclic) bond motifs is 3. The molecule has 0 amide bonds. The van der Waals surface area contributed by atoms with Crippen LogP contribution >= 0.6 is 0 Å². The van der Waals surface area contributed by atoms with Gasteiger partial charge in [-0.2, -0.15) is 0 Å². The van der Waals surface area contributed by atoms with Crippen LogP contribution in [0.2, 0.25) is 0 Å². The van der Waals surface area contributed by atoms with Gasteiger partial charge in [-0.1, -0.05) is 31.5 Å². The molecule has 0 fully saturated rings. The lowest BCUT2D eigenvalue weighted by Crippen LogP contribution is -2.34. The number of hydrogen-bond donors (Lipinski definition) is 2. The van der Waals surface area contributed by atoms with Crippen molar-refractivity contribution in [3.63, 3.8) is 0 Å². The van der Waals surface area contributed by atoms with Gasteiger partial charge in [0.15, 0.2) is 5.78 Å². The van der Waals surface area contributed by atoms with Crippen molar-refractivity contribution < 1.29 is 9.90 Å². The number of aromatic amines is 1. The van der Waals surface area contributed by atoms with Gasteiger partial charge in [0.1, 0.15) is 0 Å². The number of hydrogen-bond acceptors (Lipinski definition) is 3. The van der Waals surface area contributed by atoms with Crippen molar-refractivity contribution in [2.24, 2.45) is 11.8 Å². The van der Waals surface area contributed by atoms with Crippen LogP contribution in [-0.4, -0.2) is 47.5 Å². The Hall–Kier alpha value is -1.65. The fraction of sp³-hybridized carbons (Fsp3) is 0.550. The monoisotopic (exact) mass is 328 g/mol. The number of nitrogens with zero attached hydrogens (tertiary/aromatic N) is 1. The standard InChI is InChI=1S/C20H28N2O2/c1-3-14-13-22(2)10-8-17-16-6-4-5-7-18(16)21-20(17)19(24)12-15(14)9-11-23/h4-7,14-15,21,23H,3,8-13H2,1-2H3. The minimum Gasteiger partial charge on any atom is -0.396 e. The van der Waals surface area contributed by atoms with Crippen molar-refractivity contribution in [1.82, 2.24) is 9.88 Å². The number of aliphatic hydroxyl groups is 1. The smallest absolute Gasteiger partial charge is 0.179 e. The normalized spacial score (nSPS) is 23.4. The minimum absolute atomic E-state index is 0.151. The molecule has 1 aromatic heterocycles. The van der Waals surface area contributed by atoms with Crippen LogP contribution in [-0.2, 0) is 6.42 Å². The molecule has 0 radical (unpaired) electrons. The Balaban J connectivity index is 2.01. The van der Waals surface area contributed by atoms with Crippen LogP contribution < -0.4 is 0 Å². The molecule has 1 aliphatic heterocycles. The Bertz CT molecular complexity index is 707. The Labute approximate surface area is 143 Å². The summed E-state index contributed by atoms with van der Waals surface area (Å²) in [7, 11) is 2.16. The second-order valence-electron chi connectivity index (χ2n) is 7.10. The molecular weight excluding hydrogens is 300 g/mol. The van der Waals surface area contributed by atoms with Crippen LogP contribution in [0.25, 0.3) is 10.9 Å². The number of rotatable bonds is 3. The van der Waals surface area contributed by atoms with Gasteiger partial charge in [-0.15, -0.1) is 0 Å². The van der Waals surface area contributed by atoms with Gasteiger partial charge in [0, 0.05) is 37.0 Å². The molecule has 2 aromatic rings. The van der Waals surface area contributed by atoms with Gasteiger partial charge >= 0.3 is 0 Å². The zero-order valence-corrected chi connectivity index (χ0v) is 14.7. The van der Waals surface area contributed by atoms with E-state index in [1.165, 1.54) is 5.39 Å². The van der Waals surface area contributed by atoms with Crippen LogP contribution in [0.4, 0.5) is 0 Å². The zero-order valence-electron chi connectivity index (χ0n) is 14.7. The number of aliphatic hydroxyl groups excluding tert-OH is 1. The number of carbonyl (C=O) groups excluding carboxylic acids is 1. The average Bonchev–Trinajstić information content (AvgIpc) is 2.96. The zero-order chi connectivity index (χ0) is 17.1. The van der Waals surface area contributed by atoms with Crippen molar-refractivity contribution >= 4 is 16.7 Å². The summed E-state index contributed by atoms with van der Waals surface area (Å²) < 4.78 is 0. The van der Waals surface area contributed by atoms with Gasteiger partial charge < -0.3 is 15.0 Å². The van der Waals surface area contributed by atoms with E-state index in [2.05, 4.69) is 29.9 Å².